The monoisotopic (exact) mass is 281 g/mol. The standard InChI is InChI=1S/C11H14F3NO2S/c1-6(2)7(3)15-18(16,17)9-5-4-8(12)10(13)11(9)14/h4-7,15H,1-3H3/t7-/m1/s1. The van der Waals surface area contributed by atoms with Gasteiger partial charge in [-0.1, -0.05) is 13.8 Å². The van der Waals surface area contributed by atoms with E-state index in [4.69, 9.17) is 0 Å². The Bertz CT molecular complexity index is 543. The molecule has 18 heavy (non-hydrogen) atoms. The summed E-state index contributed by atoms with van der Waals surface area (Å²) < 4.78 is 64.8. The van der Waals surface area contributed by atoms with E-state index < -0.39 is 38.4 Å². The predicted molar refractivity (Wildman–Crippen MR) is 60.9 cm³/mol. The normalized spacial score (nSPS) is 13.9. The quantitative estimate of drug-likeness (QED) is 0.862. The van der Waals surface area contributed by atoms with Crippen LogP contribution in [0.15, 0.2) is 17.0 Å². The van der Waals surface area contributed by atoms with Crippen molar-refractivity contribution in [2.24, 2.45) is 5.92 Å². The fraction of sp³-hybridized carbons (Fsp3) is 0.455. The van der Waals surface area contributed by atoms with E-state index in [2.05, 4.69) is 4.72 Å². The maximum Gasteiger partial charge on any atom is 0.243 e. The van der Waals surface area contributed by atoms with E-state index in [1.54, 1.807) is 20.8 Å². The first-order valence-electron chi connectivity index (χ1n) is 5.32. The van der Waals surface area contributed by atoms with Gasteiger partial charge in [0.25, 0.3) is 0 Å². The highest BCUT2D eigenvalue weighted by molar-refractivity contribution is 7.89. The zero-order valence-electron chi connectivity index (χ0n) is 10.2. The number of halogens is 3. The fourth-order valence-electron chi connectivity index (χ4n) is 1.16. The Morgan fingerprint density at radius 1 is 1.06 bits per heavy atom. The van der Waals surface area contributed by atoms with Crippen LogP contribution in [-0.2, 0) is 10.0 Å². The molecule has 1 atom stereocenters. The van der Waals surface area contributed by atoms with Crippen LogP contribution in [-0.4, -0.2) is 14.5 Å². The topological polar surface area (TPSA) is 46.2 Å². The summed E-state index contributed by atoms with van der Waals surface area (Å²) in [5.74, 6) is -4.95. The second kappa shape index (κ2) is 5.27. The first kappa shape index (κ1) is 15.0. The molecule has 0 bridgehead atoms. The minimum atomic E-state index is -4.21. The highest BCUT2D eigenvalue weighted by Crippen LogP contribution is 2.20. The zero-order chi connectivity index (χ0) is 14.1. The van der Waals surface area contributed by atoms with E-state index in [1.165, 1.54) is 0 Å². The molecular formula is C11H14F3NO2S. The molecule has 1 aromatic carbocycles. The summed E-state index contributed by atoms with van der Waals surface area (Å²) in [4.78, 5) is -0.895. The van der Waals surface area contributed by atoms with E-state index >= 15 is 0 Å². The molecule has 0 unspecified atom stereocenters. The van der Waals surface area contributed by atoms with Gasteiger partial charge in [-0.3, -0.25) is 0 Å². The number of sulfonamides is 1. The van der Waals surface area contributed by atoms with Crippen LogP contribution in [0.2, 0.25) is 0 Å². The van der Waals surface area contributed by atoms with Crippen molar-refractivity contribution in [3.05, 3.63) is 29.6 Å². The number of rotatable bonds is 4. The second-order valence-electron chi connectivity index (χ2n) is 4.33. The minimum Gasteiger partial charge on any atom is -0.208 e. The van der Waals surface area contributed by atoms with Crippen LogP contribution in [0, 0.1) is 23.4 Å². The molecular weight excluding hydrogens is 267 g/mol. The van der Waals surface area contributed by atoms with Crippen molar-refractivity contribution in [1.29, 1.82) is 0 Å². The maximum atomic E-state index is 13.4. The van der Waals surface area contributed by atoms with Gasteiger partial charge in [0.1, 0.15) is 4.90 Å². The lowest BCUT2D eigenvalue weighted by molar-refractivity contribution is 0.428. The lowest BCUT2D eigenvalue weighted by atomic mass is 10.1. The summed E-state index contributed by atoms with van der Waals surface area (Å²) in [5, 5.41) is 0. The Kier molecular flexibility index (Phi) is 4.39. The van der Waals surface area contributed by atoms with Crippen molar-refractivity contribution in [3.8, 4) is 0 Å². The zero-order valence-corrected chi connectivity index (χ0v) is 11.0. The number of hydrogen-bond acceptors (Lipinski definition) is 2. The molecule has 1 rings (SSSR count). The first-order valence-corrected chi connectivity index (χ1v) is 6.81. The van der Waals surface area contributed by atoms with Crippen LogP contribution >= 0.6 is 0 Å². The van der Waals surface area contributed by atoms with Gasteiger partial charge >= 0.3 is 0 Å². The smallest absolute Gasteiger partial charge is 0.208 e. The third kappa shape index (κ3) is 3.02. The lowest BCUT2D eigenvalue weighted by Crippen LogP contribution is -2.36. The molecule has 0 fully saturated rings. The number of hydrogen-bond donors (Lipinski definition) is 1. The summed E-state index contributed by atoms with van der Waals surface area (Å²) >= 11 is 0. The van der Waals surface area contributed by atoms with Gasteiger partial charge < -0.3 is 0 Å². The molecule has 3 nitrogen and oxygen atoms in total. The molecule has 7 heteroatoms. The van der Waals surface area contributed by atoms with Crippen molar-refractivity contribution in [2.75, 3.05) is 0 Å². The first-order chi connectivity index (χ1) is 8.16. The minimum absolute atomic E-state index is 0.0202. The molecule has 0 aliphatic carbocycles. The molecule has 0 aliphatic heterocycles. The molecule has 102 valence electrons. The van der Waals surface area contributed by atoms with Gasteiger partial charge in [0.2, 0.25) is 10.0 Å². The van der Waals surface area contributed by atoms with E-state index in [0.717, 1.165) is 0 Å². The van der Waals surface area contributed by atoms with Crippen molar-refractivity contribution in [1.82, 2.24) is 4.72 Å². The van der Waals surface area contributed by atoms with Gasteiger partial charge in [-0.25, -0.2) is 26.3 Å². The highest BCUT2D eigenvalue weighted by atomic mass is 32.2. The Morgan fingerprint density at radius 2 is 1.61 bits per heavy atom. The second-order valence-corrected chi connectivity index (χ2v) is 6.01. The average molecular weight is 281 g/mol. The summed E-state index contributed by atoms with van der Waals surface area (Å²) in [6, 6.07) is 0.818. The predicted octanol–water partition coefficient (Wildman–Crippen LogP) is 2.43. The van der Waals surface area contributed by atoms with Crippen molar-refractivity contribution >= 4 is 10.0 Å². The lowest BCUT2D eigenvalue weighted by Gasteiger charge is -2.17. The Hall–Kier alpha value is -1.08. The van der Waals surface area contributed by atoms with Crippen molar-refractivity contribution in [3.63, 3.8) is 0 Å². The Balaban J connectivity index is 3.18. The van der Waals surface area contributed by atoms with Crippen LogP contribution in [0.5, 0.6) is 0 Å². The SMILES string of the molecule is CC(C)[C@@H](C)NS(=O)(=O)c1ccc(F)c(F)c1F. The van der Waals surface area contributed by atoms with Crippen LogP contribution < -0.4 is 4.72 Å². The van der Waals surface area contributed by atoms with Gasteiger partial charge in [0.15, 0.2) is 17.5 Å². The third-order valence-corrected chi connectivity index (χ3v) is 4.21. The molecule has 0 saturated heterocycles. The molecule has 0 spiro atoms. The van der Waals surface area contributed by atoms with Gasteiger partial charge in [-0.15, -0.1) is 0 Å². The molecule has 0 amide bonds. The van der Waals surface area contributed by atoms with E-state index in [-0.39, 0.29) is 5.92 Å². The summed E-state index contributed by atoms with van der Waals surface area (Å²) in [6.07, 6.45) is 0. The van der Waals surface area contributed by atoms with Gasteiger partial charge in [-0.2, -0.15) is 0 Å². The number of benzene rings is 1. The van der Waals surface area contributed by atoms with E-state index in [0.29, 0.717) is 12.1 Å². The number of nitrogens with one attached hydrogen (secondary N) is 1. The van der Waals surface area contributed by atoms with Crippen molar-refractivity contribution < 1.29 is 21.6 Å². The molecule has 0 saturated carbocycles. The average Bonchev–Trinajstić information content (AvgIpc) is 2.24. The Labute approximate surface area is 104 Å². The molecule has 0 radical (unpaired) electrons. The molecule has 1 N–H and O–H groups in total. The fourth-order valence-corrected chi connectivity index (χ4v) is 2.62. The van der Waals surface area contributed by atoms with Crippen LogP contribution in [0.4, 0.5) is 13.2 Å². The van der Waals surface area contributed by atoms with Gasteiger partial charge in [-0.05, 0) is 25.0 Å². The third-order valence-electron chi connectivity index (χ3n) is 2.63. The highest BCUT2D eigenvalue weighted by Gasteiger charge is 2.26. The summed E-state index contributed by atoms with van der Waals surface area (Å²) in [5.41, 5.74) is 0. The Morgan fingerprint density at radius 3 is 2.11 bits per heavy atom. The van der Waals surface area contributed by atoms with E-state index in [1.807, 2.05) is 0 Å². The van der Waals surface area contributed by atoms with Crippen molar-refractivity contribution in [2.45, 2.75) is 31.7 Å². The van der Waals surface area contributed by atoms with Crippen LogP contribution in [0.1, 0.15) is 20.8 Å². The largest absolute Gasteiger partial charge is 0.243 e. The van der Waals surface area contributed by atoms with Crippen LogP contribution in [0.3, 0.4) is 0 Å². The molecule has 0 heterocycles. The molecule has 0 aromatic heterocycles. The molecule has 1 aromatic rings. The van der Waals surface area contributed by atoms with E-state index in [9.17, 15) is 21.6 Å². The van der Waals surface area contributed by atoms with Gasteiger partial charge in [0.05, 0.1) is 0 Å². The maximum absolute atomic E-state index is 13.4. The van der Waals surface area contributed by atoms with Crippen LogP contribution in [0.25, 0.3) is 0 Å². The summed E-state index contributed by atoms with van der Waals surface area (Å²) in [7, 11) is -4.21. The summed E-state index contributed by atoms with van der Waals surface area (Å²) in [6.45, 7) is 5.14. The van der Waals surface area contributed by atoms with Gasteiger partial charge in [0, 0.05) is 6.04 Å². The molecule has 0 aliphatic rings.